The molecule has 0 radical (unpaired) electrons. The lowest BCUT2D eigenvalue weighted by Crippen LogP contribution is -2.02. The zero-order chi connectivity index (χ0) is 8.97. The molecule has 1 aromatic carbocycles. The predicted molar refractivity (Wildman–Crippen MR) is 54.4 cm³/mol. The normalized spacial score (nSPS) is 11.5. The van der Waals surface area contributed by atoms with E-state index >= 15 is 0 Å². The number of halogens is 1. The maximum atomic E-state index is 10.4. The number of carboxylic acid groups (broad SMARTS) is 1. The fourth-order valence-corrected chi connectivity index (χ4v) is 1.16. The van der Waals surface area contributed by atoms with Crippen molar-refractivity contribution in [3.05, 3.63) is 35.9 Å². The minimum atomic E-state index is -0.744. The van der Waals surface area contributed by atoms with Gasteiger partial charge in [-0.15, -0.1) is 12.4 Å². The monoisotopic (exact) mass is 200 g/mol. The Morgan fingerprint density at radius 2 is 1.92 bits per heavy atom. The summed E-state index contributed by atoms with van der Waals surface area (Å²) in [6.45, 7) is 1.92. The topological polar surface area (TPSA) is 37.3 Å². The largest absolute Gasteiger partial charge is 0.481 e. The Bertz CT molecular complexity index is 259. The lowest BCUT2D eigenvalue weighted by molar-refractivity contribution is -0.137. The molecule has 1 unspecified atom stereocenters. The molecule has 0 spiro atoms. The lowest BCUT2D eigenvalue weighted by Gasteiger charge is -2.07. The molecule has 1 atom stereocenters. The third kappa shape index (κ3) is 3.95. The highest BCUT2D eigenvalue weighted by Gasteiger charge is 2.08. The van der Waals surface area contributed by atoms with Crippen molar-refractivity contribution in [2.75, 3.05) is 0 Å². The second kappa shape index (κ2) is 5.60. The molecule has 0 aliphatic carbocycles. The van der Waals surface area contributed by atoms with E-state index in [0.29, 0.717) is 0 Å². The molecule has 0 bridgehead atoms. The summed E-state index contributed by atoms with van der Waals surface area (Å²) in [5.74, 6) is -0.643. The molecule has 0 amide bonds. The molecule has 13 heavy (non-hydrogen) atoms. The summed E-state index contributed by atoms with van der Waals surface area (Å²) in [6.07, 6.45) is 0.198. The first-order chi connectivity index (χ1) is 5.70. The van der Waals surface area contributed by atoms with E-state index < -0.39 is 5.97 Å². The van der Waals surface area contributed by atoms with Crippen LogP contribution in [0.2, 0.25) is 0 Å². The van der Waals surface area contributed by atoms with Gasteiger partial charge in [0.2, 0.25) is 0 Å². The Kier molecular flexibility index (Phi) is 5.16. The number of hydrogen-bond acceptors (Lipinski definition) is 1. The highest BCUT2D eigenvalue weighted by Crippen LogP contribution is 2.17. The van der Waals surface area contributed by atoms with Gasteiger partial charge >= 0.3 is 5.97 Å². The summed E-state index contributed by atoms with van der Waals surface area (Å²) in [6, 6.07) is 9.68. The van der Waals surface area contributed by atoms with E-state index in [2.05, 4.69) is 0 Å². The minimum absolute atomic E-state index is 0. The number of rotatable bonds is 3. The standard InChI is InChI=1S/C10H12O2.ClH/c1-8(7-10(11)12)9-5-3-2-4-6-9;/h2-6,8H,7H2,1H3,(H,11,12);1H. The van der Waals surface area contributed by atoms with Gasteiger partial charge < -0.3 is 5.11 Å². The highest BCUT2D eigenvalue weighted by atomic mass is 35.5. The van der Waals surface area contributed by atoms with Crippen molar-refractivity contribution in [2.45, 2.75) is 19.3 Å². The molecule has 0 saturated heterocycles. The second-order valence-corrected chi connectivity index (χ2v) is 2.91. The van der Waals surface area contributed by atoms with E-state index in [1.54, 1.807) is 0 Å². The fraction of sp³-hybridized carbons (Fsp3) is 0.300. The molecule has 1 aromatic rings. The van der Waals surface area contributed by atoms with Crippen LogP contribution in [0, 0.1) is 0 Å². The van der Waals surface area contributed by atoms with E-state index in [-0.39, 0.29) is 24.7 Å². The highest BCUT2D eigenvalue weighted by molar-refractivity contribution is 5.85. The van der Waals surface area contributed by atoms with E-state index in [0.717, 1.165) is 5.56 Å². The van der Waals surface area contributed by atoms with Crippen LogP contribution in [0.3, 0.4) is 0 Å². The first-order valence-electron chi connectivity index (χ1n) is 3.97. The van der Waals surface area contributed by atoms with Gasteiger partial charge in [0.15, 0.2) is 0 Å². The smallest absolute Gasteiger partial charge is 0.303 e. The summed E-state index contributed by atoms with van der Waals surface area (Å²) >= 11 is 0. The van der Waals surface area contributed by atoms with Crippen LogP contribution in [-0.2, 0) is 4.79 Å². The second-order valence-electron chi connectivity index (χ2n) is 2.91. The van der Waals surface area contributed by atoms with Gasteiger partial charge in [-0.2, -0.15) is 0 Å². The average molecular weight is 201 g/mol. The molecule has 3 heteroatoms. The number of carbonyl (C=O) groups is 1. The van der Waals surface area contributed by atoms with Gasteiger partial charge in [-0.25, -0.2) is 0 Å². The molecular formula is C10H13ClO2. The van der Waals surface area contributed by atoms with E-state index in [1.165, 1.54) is 0 Å². The first-order valence-corrected chi connectivity index (χ1v) is 3.97. The van der Waals surface area contributed by atoms with Crippen molar-refractivity contribution in [1.29, 1.82) is 0 Å². The van der Waals surface area contributed by atoms with Gasteiger partial charge in [-0.3, -0.25) is 4.79 Å². The quantitative estimate of drug-likeness (QED) is 0.815. The molecule has 2 nitrogen and oxygen atoms in total. The molecule has 0 fully saturated rings. The summed E-state index contributed by atoms with van der Waals surface area (Å²) in [7, 11) is 0. The van der Waals surface area contributed by atoms with Crippen molar-refractivity contribution in [3.8, 4) is 0 Å². The third-order valence-electron chi connectivity index (χ3n) is 1.85. The van der Waals surface area contributed by atoms with Gasteiger partial charge in [-0.05, 0) is 11.5 Å². The van der Waals surface area contributed by atoms with Crippen molar-refractivity contribution < 1.29 is 9.90 Å². The van der Waals surface area contributed by atoms with Gasteiger partial charge in [0.25, 0.3) is 0 Å². The molecule has 0 aromatic heterocycles. The number of carboxylic acids is 1. The zero-order valence-corrected chi connectivity index (χ0v) is 8.25. The van der Waals surface area contributed by atoms with Gasteiger partial charge in [0.1, 0.15) is 0 Å². The minimum Gasteiger partial charge on any atom is -0.481 e. The van der Waals surface area contributed by atoms with Gasteiger partial charge in [0.05, 0.1) is 6.42 Å². The van der Waals surface area contributed by atoms with Crippen molar-refractivity contribution >= 4 is 18.4 Å². The maximum absolute atomic E-state index is 10.4. The van der Waals surface area contributed by atoms with Crippen LogP contribution >= 0.6 is 12.4 Å². The molecule has 1 rings (SSSR count). The van der Waals surface area contributed by atoms with Crippen LogP contribution in [0.5, 0.6) is 0 Å². The Hall–Kier alpha value is -1.02. The zero-order valence-electron chi connectivity index (χ0n) is 7.43. The van der Waals surface area contributed by atoms with Crippen molar-refractivity contribution in [1.82, 2.24) is 0 Å². The summed E-state index contributed by atoms with van der Waals surface area (Å²) < 4.78 is 0. The number of hydrogen-bond donors (Lipinski definition) is 1. The van der Waals surface area contributed by atoms with E-state index in [1.807, 2.05) is 37.3 Å². The fourth-order valence-electron chi connectivity index (χ4n) is 1.16. The van der Waals surface area contributed by atoms with Crippen LogP contribution in [0.4, 0.5) is 0 Å². The Labute approximate surface area is 84.0 Å². The Morgan fingerprint density at radius 3 is 2.38 bits per heavy atom. The SMILES string of the molecule is CC(CC(=O)O)c1ccccc1.Cl. The molecule has 0 aliphatic heterocycles. The molecule has 0 aliphatic rings. The van der Waals surface area contributed by atoms with Crippen LogP contribution in [-0.4, -0.2) is 11.1 Å². The van der Waals surface area contributed by atoms with Crippen LogP contribution < -0.4 is 0 Å². The molecular weight excluding hydrogens is 188 g/mol. The first kappa shape index (κ1) is 12.0. The predicted octanol–water partition coefficient (Wildman–Crippen LogP) is 2.69. The van der Waals surface area contributed by atoms with Gasteiger partial charge in [0, 0.05) is 0 Å². The number of benzene rings is 1. The van der Waals surface area contributed by atoms with Crippen molar-refractivity contribution in [3.63, 3.8) is 0 Å². The average Bonchev–Trinajstić information content (AvgIpc) is 2.05. The summed E-state index contributed by atoms with van der Waals surface area (Å²) in [4.78, 5) is 10.4. The molecule has 0 heterocycles. The third-order valence-corrected chi connectivity index (χ3v) is 1.85. The Balaban J connectivity index is 0.00000144. The van der Waals surface area contributed by atoms with Crippen LogP contribution in [0.1, 0.15) is 24.8 Å². The molecule has 1 N–H and O–H groups in total. The van der Waals surface area contributed by atoms with Crippen molar-refractivity contribution in [2.24, 2.45) is 0 Å². The number of aliphatic carboxylic acids is 1. The summed E-state index contributed by atoms with van der Waals surface area (Å²) in [5, 5.41) is 8.55. The van der Waals surface area contributed by atoms with E-state index in [9.17, 15) is 4.79 Å². The molecule has 0 saturated carbocycles. The van der Waals surface area contributed by atoms with Crippen LogP contribution in [0.25, 0.3) is 0 Å². The molecule has 72 valence electrons. The maximum Gasteiger partial charge on any atom is 0.303 e. The van der Waals surface area contributed by atoms with Gasteiger partial charge in [-0.1, -0.05) is 37.3 Å². The Morgan fingerprint density at radius 1 is 1.38 bits per heavy atom. The van der Waals surface area contributed by atoms with Crippen LogP contribution in [0.15, 0.2) is 30.3 Å². The lowest BCUT2D eigenvalue weighted by atomic mass is 9.98. The van der Waals surface area contributed by atoms with E-state index in [4.69, 9.17) is 5.11 Å². The summed E-state index contributed by atoms with van der Waals surface area (Å²) in [5.41, 5.74) is 1.08.